The van der Waals surface area contributed by atoms with Crippen LogP contribution in [0.5, 0.6) is 0 Å². The Kier molecular flexibility index (Phi) is 3.88. The van der Waals surface area contributed by atoms with Gasteiger partial charge in [-0.25, -0.2) is 0 Å². The third-order valence-electron chi connectivity index (χ3n) is 4.52. The Hall–Kier alpha value is -3.27. The summed E-state index contributed by atoms with van der Waals surface area (Å²) < 4.78 is 0. The number of aromatic nitrogens is 2. The van der Waals surface area contributed by atoms with Crippen LogP contribution in [0.3, 0.4) is 0 Å². The average molecular weight is 341 g/mol. The monoisotopic (exact) mass is 341 g/mol. The zero-order chi connectivity index (χ0) is 18.3. The van der Waals surface area contributed by atoms with Crippen LogP contribution < -0.4 is 5.32 Å². The first-order chi connectivity index (χ1) is 12.5. The number of benzene rings is 2. The van der Waals surface area contributed by atoms with Crippen LogP contribution >= 0.6 is 0 Å². The molecule has 0 unspecified atom stereocenters. The van der Waals surface area contributed by atoms with Crippen molar-refractivity contribution in [3.05, 3.63) is 77.1 Å². The highest BCUT2D eigenvalue weighted by atomic mass is 16.1. The zero-order valence-corrected chi connectivity index (χ0v) is 15.0. The van der Waals surface area contributed by atoms with Crippen molar-refractivity contribution in [1.29, 1.82) is 0 Å². The molecule has 0 atom stereocenters. The molecule has 0 saturated carbocycles. The Bertz CT molecular complexity index is 1160. The van der Waals surface area contributed by atoms with Crippen molar-refractivity contribution >= 4 is 33.4 Å². The minimum Gasteiger partial charge on any atom is -0.321 e. The van der Waals surface area contributed by atoms with Gasteiger partial charge in [-0.2, -0.15) is 0 Å². The fraction of sp³-hybridized carbons (Fsp3) is 0.136. The van der Waals surface area contributed by atoms with Gasteiger partial charge < -0.3 is 5.32 Å². The summed E-state index contributed by atoms with van der Waals surface area (Å²) in [5.74, 6) is -0.140. The number of anilines is 1. The normalized spacial score (nSPS) is 11.0. The van der Waals surface area contributed by atoms with Gasteiger partial charge >= 0.3 is 0 Å². The average Bonchev–Trinajstić information content (AvgIpc) is 2.61. The van der Waals surface area contributed by atoms with Gasteiger partial charge in [-0.1, -0.05) is 29.8 Å². The minimum atomic E-state index is -0.140. The summed E-state index contributed by atoms with van der Waals surface area (Å²) in [6.45, 7) is 5.98. The van der Waals surface area contributed by atoms with Gasteiger partial charge in [-0.3, -0.25) is 14.8 Å². The summed E-state index contributed by atoms with van der Waals surface area (Å²) in [5, 5.41) is 4.87. The van der Waals surface area contributed by atoms with E-state index < -0.39 is 0 Å². The highest BCUT2D eigenvalue weighted by Gasteiger charge is 2.14. The standard InChI is InChI=1S/C22H19N3O/c1-13-10-14(2)21-18(11-13)20(8-9-23-21)25-22(26)17-12-15(3)24-19-7-5-4-6-16(17)19/h4-12H,1-3H3,(H,23,25,26). The second-order valence-corrected chi connectivity index (χ2v) is 6.62. The molecule has 0 fully saturated rings. The van der Waals surface area contributed by atoms with Gasteiger partial charge in [-0.15, -0.1) is 0 Å². The molecule has 1 N–H and O–H groups in total. The van der Waals surface area contributed by atoms with E-state index in [0.29, 0.717) is 5.56 Å². The van der Waals surface area contributed by atoms with Crippen LogP contribution in [0.1, 0.15) is 27.2 Å². The smallest absolute Gasteiger partial charge is 0.256 e. The molecule has 4 heteroatoms. The number of hydrogen-bond acceptors (Lipinski definition) is 3. The number of carbonyl (C=O) groups excluding carboxylic acids is 1. The lowest BCUT2D eigenvalue weighted by atomic mass is 10.0. The molecule has 128 valence electrons. The molecular weight excluding hydrogens is 322 g/mol. The van der Waals surface area contributed by atoms with Crippen molar-refractivity contribution in [2.24, 2.45) is 0 Å². The van der Waals surface area contributed by atoms with Crippen LogP contribution in [0.2, 0.25) is 0 Å². The maximum Gasteiger partial charge on any atom is 0.256 e. The molecule has 0 saturated heterocycles. The Morgan fingerprint density at radius 2 is 1.77 bits per heavy atom. The third kappa shape index (κ3) is 2.80. The molecule has 0 aliphatic heterocycles. The van der Waals surface area contributed by atoms with E-state index in [1.165, 1.54) is 0 Å². The number of rotatable bonds is 2. The SMILES string of the molecule is Cc1cc(C)c2nccc(NC(=O)c3cc(C)nc4ccccc34)c2c1. The lowest BCUT2D eigenvalue weighted by molar-refractivity contribution is 0.102. The zero-order valence-electron chi connectivity index (χ0n) is 15.0. The number of fused-ring (bicyclic) bond motifs is 2. The number of hydrogen-bond donors (Lipinski definition) is 1. The molecule has 4 rings (SSSR count). The van der Waals surface area contributed by atoms with E-state index in [2.05, 4.69) is 27.4 Å². The van der Waals surface area contributed by atoms with E-state index in [0.717, 1.165) is 44.3 Å². The first kappa shape index (κ1) is 16.2. The van der Waals surface area contributed by atoms with Gasteiger partial charge in [0.2, 0.25) is 0 Å². The summed E-state index contributed by atoms with van der Waals surface area (Å²) >= 11 is 0. The van der Waals surface area contributed by atoms with Crippen LogP contribution in [0.15, 0.2) is 54.7 Å². The maximum absolute atomic E-state index is 13.0. The van der Waals surface area contributed by atoms with E-state index in [-0.39, 0.29) is 5.91 Å². The fourth-order valence-corrected chi connectivity index (χ4v) is 3.41. The van der Waals surface area contributed by atoms with E-state index >= 15 is 0 Å². The molecule has 0 bridgehead atoms. The second-order valence-electron chi connectivity index (χ2n) is 6.62. The topological polar surface area (TPSA) is 54.9 Å². The third-order valence-corrected chi connectivity index (χ3v) is 4.52. The lowest BCUT2D eigenvalue weighted by Crippen LogP contribution is -2.13. The first-order valence-electron chi connectivity index (χ1n) is 8.56. The number of nitrogens with one attached hydrogen (secondary N) is 1. The molecule has 4 nitrogen and oxygen atoms in total. The molecule has 2 aromatic carbocycles. The van der Waals surface area contributed by atoms with E-state index in [4.69, 9.17) is 0 Å². The predicted molar refractivity (Wildman–Crippen MR) is 106 cm³/mol. The molecule has 26 heavy (non-hydrogen) atoms. The Morgan fingerprint density at radius 1 is 0.962 bits per heavy atom. The number of aryl methyl sites for hydroxylation is 3. The van der Waals surface area contributed by atoms with Crippen molar-refractivity contribution in [1.82, 2.24) is 9.97 Å². The number of pyridine rings is 2. The van der Waals surface area contributed by atoms with Gasteiger partial charge in [0.15, 0.2) is 0 Å². The summed E-state index contributed by atoms with van der Waals surface area (Å²) in [7, 11) is 0. The Balaban J connectivity index is 1.82. The molecule has 0 aliphatic carbocycles. The number of nitrogens with zero attached hydrogens (tertiary/aromatic N) is 2. The first-order valence-corrected chi connectivity index (χ1v) is 8.56. The van der Waals surface area contributed by atoms with Crippen LogP contribution in [0.25, 0.3) is 21.8 Å². The summed E-state index contributed by atoms with van der Waals surface area (Å²) in [6.07, 6.45) is 1.73. The molecule has 0 aliphatic rings. The highest BCUT2D eigenvalue weighted by molar-refractivity contribution is 6.14. The van der Waals surface area contributed by atoms with Crippen molar-refractivity contribution in [2.45, 2.75) is 20.8 Å². The van der Waals surface area contributed by atoms with E-state index in [1.54, 1.807) is 6.20 Å². The molecule has 2 heterocycles. The Morgan fingerprint density at radius 3 is 2.62 bits per heavy atom. The number of amides is 1. The highest BCUT2D eigenvalue weighted by Crippen LogP contribution is 2.27. The number of carbonyl (C=O) groups is 1. The minimum absolute atomic E-state index is 0.140. The summed E-state index contributed by atoms with van der Waals surface area (Å²) in [4.78, 5) is 22.0. The van der Waals surface area contributed by atoms with Gasteiger partial charge in [0.1, 0.15) is 0 Å². The molecule has 1 amide bonds. The molecule has 4 aromatic rings. The molecule has 0 radical (unpaired) electrons. The summed E-state index contributed by atoms with van der Waals surface area (Å²) in [6, 6.07) is 15.5. The fourth-order valence-electron chi connectivity index (χ4n) is 3.41. The van der Waals surface area contributed by atoms with E-state index in [1.807, 2.05) is 57.2 Å². The van der Waals surface area contributed by atoms with Crippen LogP contribution in [0.4, 0.5) is 5.69 Å². The van der Waals surface area contributed by atoms with Crippen molar-refractivity contribution < 1.29 is 4.79 Å². The number of para-hydroxylation sites is 1. The van der Waals surface area contributed by atoms with Crippen LogP contribution in [-0.4, -0.2) is 15.9 Å². The van der Waals surface area contributed by atoms with E-state index in [9.17, 15) is 4.79 Å². The summed E-state index contributed by atoms with van der Waals surface area (Å²) in [5.41, 5.74) is 6.19. The lowest BCUT2D eigenvalue weighted by Gasteiger charge is -2.12. The van der Waals surface area contributed by atoms with Crippen molar-refractivity contribution in [3.63, 3.8) is 0 Å². The quantitative estimate of drug-likeness (QED) is 0.560. The second kappa shape index (κ2) is 6.23. The molecule has 2 aromatic heterocycles. The van der Waals surface area contributed by atoms with Gasteiger partial charge in [-0.05, 0) is 50.6 Å². The van der Waals surface area contributed by atoms with Gasteiger partial charge in [0, 0.05) is 22.7 Å². The maximum atomic E-state index is 13.0. The molecular formula is C22H19N3O. The van der Waals surface area contributed by atoms with Crippen LogP contribution in [-0.2, 0) is 0 Å². The van der Waals surface area contributed by atoms with Gasteiger partial charge in [0.25, 0.3) is 5.91 Å². The van der Waals surface area contributed by atoms with Crippen molar-refractivity contribution in [3.8, 4) is 0 Å². The Labute approximate surface area is 151 Å². The van der Waals surface area contributed by atoms with Crippen molar-refractivity contribution in [2.75, 3.05) is 5.32 Å². The molecule has 0 spiro atoms. The van der Waals surface area contributed by atoms with Crippen LogP contribution in [0, 0.1) is 20.8 Å². The predicted octanol–water partition coefficient (Wildman–Crippen LogP) is 4.96. The van der Waals surface area contributed by atoms with Gasteiger partial charge in [0.05, 0.1) is 22.3 Å². The largest absolute Gasteiger partial charge is 0.321 e.